The van der Waals surface area contributed by atoms with Crippen LogP contribution in [0.2, 0.25) is 5.02 Å². The van der Waals surface area contributed by atoms with Crippen LogP contribution in [0.25, 0.3) is 0 Å². The molecule has 0 aliphatic carbocycles. The second kappa shape index (κ2) is 5.60. The van der Waals surface area contributed by atoms with E-state index in [-0.39, 0.29) is 0 Å². The first-order valence-electron chi connectivity index (χ1n) is 4.64. The molecule has 0 radical (unpaired) electrons. The molecule has 0 N–H and O–H groups in total. The molecule has 0 saturated carbocycles. The summed E-state index contributed by atoms with van der Waals surface area (Å²) in [6, 6.07) is 7.08. The molecule has 0 saturated heterocycles. The minimum atomic E-state index is 0.654. The summed E-state index contributed by atoms with van der Waals surface area (Å²) in [7, 11) is 0. The van der Waals surface area contributed by atoms with Crippen LogP contribution in [0.1, 0.15) is 19.8 Å². The van der Waals surface area contributed by atoms with Gasteiger partial charge in [-0.05, 0) is 30.7 Å². The Morgan fingerprint density at radius 3 is 2.50 bits per heavy atom. The van der Waals surface area contributed by atoms with Crippen LogP contribution in [0.3, 0.4) is 0 Å². The number of benzene rings is 1. The zero-order valence-electron chi connectivity index (χ0n) is 8.11. The van der Waals surface area contributed by atoms with Crippen LogP contribution in [0, 0.1) is 4.91 Å². The van der Waals surface area contributed by atoms with Crippen molar-refractivity contribution >= 4 is 17.3 Å². The van der Waals surface area contributed by atoms with Crippen molar-refractivity contribution in [1.29, 1.82) is 0 Å². The molecule has 0 unspecified atom stereocenters. The molecule has 0 amide bonds. The number of nitrogens with zero attached hydrogens (tertiary/aromatic N) is 2. The lowest BCUT2D eigenvalue weighted by molar-refractivity contribution is 0.736. The maximum Gasteiger partial charge on any atom is 0.0627 e. The first kappa shape index (κ1) is 11.0. The molecule has 0 atom stereocenters. The van der Waals surface area contributed by atoms with Gasteiger partial charge in [0.05, 0.1) is 11.0 Å². The van der Waals surface area contributed by atoms with Crippen LogP contribution >= 0.6 is 11.6 Å². The van der Waals surface area contributed by atoms with Crippen molar-refractivity contribution in [3.8, 4) is 0 Å². The highest BCUT2D eigenvalue weighted by Gasteiger charge is 2.04. The monoisotopic (exact) mass is 212 g/mol. The first-order valence-corrected chi connectivity index (χ1v) is 5.02. The van der Waals surface area contributed by atoms with E-state index in [1.807, 2.05) is 0 Å². The van der Waals surface area contributed by atoms with Gasteiger partial charge in [-0.1, -0.05) is 24.9 Å². The number of unbranched alkanes of at least 4 members (excludes halogenated alkanes) is 1. The molecule has 0 aromatic heterocycles. The summed E-state index contributed by atoms with van der Waals surface area (Å²) in [5.41, 5.74) is 0.790. The van der Waals surface area contributed by atoms with Crippen molar-refractivity contribution in [1.82, 2.24) is 0 Å². The van der Waals surface area contributed by atoms with Gasteiger partial charge in [-0.3, -0.25) is 0 Å². The molecule has 76 valence electrons. The Hall–Kier alpha value is -1.09. The van der Waals surface area contributed by atoms with Crippen LogP contribution in [0.15, 0.2) is 29.6 Å². The van der Waals surface area contributed by atoms with Crippen LogP contribution < -0.4 is 5.01 Å². The fourth-order valence-electron chi connectivity index (χ4n) is 1.14. The van der Waals surface area contributed by atoms with Gasteiger partial charge in [0.25, 0.3) is 0 Å². The summed E-state index contributed by atoms with van der Waals surface area (Å²) in [5.74, 6) is 0. The van der Waals surface area contributed by atoms with Gasteiger partial charge in [0.15, 0.2) is 0 Å². The Morgan fingerprint density at radius 2 is 2.00 bits per heavy atom. The molecule has 0 bridgehead atoms. The minimum absolute atomic E-state index is 0.654. The highest BCUT2D eigenvalue weighted by Crippen LogP contribution is 2.18. The summed E-state index contributed by atoms with van der Waals surface area (Å²) in [6.45, 7) is 2.73. The molecule has 0 heterocycles. The molecule has 3 nitrogen and oxygen atoms in total. The zero-order valence-corrected chi connectivity index (χ0v) is 8.87. The average Bonchev–Trinajstić information content (AvgIpc) is 2.21. The smallest absolute Gasteiger partial charge is 0.0627 e. The Morgan fingerprint density at radius 1 is 1.36 bits per heavy atom. The SMILES string of the molecule is CCCCN(N=O)c1ccc(Cl)cc1. The van der Waals surface area contributed by atoms with Gasteiger partial charge >= 0.3 is 0 Å². The summed E-state index contributed by atoms with van der Waals surface area (Å²) in [5, 5.41) is 5.07. The molecule has 1 rings (SSSR count). The lowest BCUT2D eigenvalue weighted by Crippen LogP contribution is -2.16. The minimum Gasteiger partial charge on any atom is -0.229 e. The van der Waals surface area contributed by atoms with E-state index in [9.17, 15) is 4.91 Å². The van der Waals surface area contributed by atoms with Crippen LogP contribution in [0.4, 0.5) is 5.69 Å². The zero-order chi connectivity index (χ0) is 10.4. The molecule has 0 aliphatic rings. The number of rotatable bonds is 5. The van der Waals surface area contributed by atoms with Gasteiger partial charge < -0.3 is 0 Å². The molecule has 14 heavy (non-hydrogen) atoms. The number of halogens is 1. The normalized spacial score (nSPS) is 9.86. The molecule has 0 fully saturated rings. The summed E-state index contributed by atoms with van der Waals surface area (Å²) >= 11 is 5.74. The van der Waals surface area contributed by atoms with Crippen molar-refractivity contribution < 1.29 is 0 Å². The Labute approximate surface area is 88.6 Å². The van der Waals surface area contributed by atoms with E-state index in [4.69, 9.17) is 11.6 Å². The van der Waals surface area contributed by atoms with Crippen molar-refractivity contribution in [2.45, 2.75) is 19.8 Å². The predicted molar refractivity (Wildman–Crippen MR) is 59.5 cm³/mol. The molecule has 1 aromatic rings. The number of nitroso groups, excluding NO2 is 1. The highest BCUT2D eigenvalue weighted by atomic mass is 35.5. The lowest BCUT2D eigenvalue weighted by atomic mass is 10.3. The maximum absolute atomic E-state index is 10.5. The summed E-state index contributed by atoms with van der Waals surface area (Å²) < 4.78 is 0. The van der Waals surface area contributed by atoms with Gasteiger partial charge in [0.2, 0.25) is 0 Å². The second-order valence-electron chi connectivity index (χ2n) is 3.03. The van der Waals surface area contributed by atoms with Crippen molar-refractivity contribution in [2.75, 3.05) is 11.6 Å². The van der Waals surface area contributed by atoms with Crippen LogP contribution in [0.5, 0.6) is 0 Å². The van der Waals surface area contributed by atoms with E-state index in [1.54, 1.807) is 24.3 Å². The number of hydrogen-bond donors (Lipinski definition) is 0. The van der Waals surface area contributed by atoms with Gasteiger partial charge in [-0.25, -0.2) is 5.01 Å². The van der Waals surface area contributed by atoms with Crippen molar-refractivity contribution in [3.63, 3.8) is 0 Å². The fraction of sp³-hybridized carbons (Fsp3) is 0.400. The van der Waals surface area contributed by atoms with Gasteiger partial charge in [0, 0.05) is 11.6 Å². The third kappa shape index (κ3) is 3.00. The Bertz CT molecular complexity index is 287. The van der Waals surface area contributed by atoms with Crippen LogP contribution in [-0.2, 0) is 0 Å². The van der Waals surface area contributed by atoms with Gasteiger partial charge in [0.1, 0.15) is 0 Å². The first-order chi connectivity index (χ1) is 6.77. The van der Waals surface area contributed by atoms with E-state index >= 15 is 0 Å². The quantitative estimate of drug-likeness (QED) is 0.552. The van der Waals surface area contributed by atoms with Crippen LogP contribution in [-0.4, -0.2) is 6.54 Å². The predicted octanol–water partition coefficient (Wildman–Crippen LogP) is 3.63. The topological polar surface area (TPSA) is 32.7 Å². The molecular formula is C10H13ClN2O. The summed E-state index contributed by atoms with van der Waals surface area (Å²) in [6.07, 6.45) is 1.99. The van der Waals surface area contributed by atoms with E-state index in [0.29, 0.717) is 11.6 Å². The molecule has 0 aliphatic heterocycles. The van der Waals surface area contributed by atoms with Gasteiger partial charge in [-0.2, -0.15) is 0 Å². The Kier molecular flexibility index (Phi) is 4.40. The highest BCUT2D eigenvalue weighted by molar-refractivity contribution is 6.30. The van der Waals surface area contributed by atoms with E-state index < -0.39 is 0 Å². The largest absolute Gasteiger partial charge is 0.229 e. The van der Waals surface area contributed by atoms with Crippen molar-refractivity contribution in [2.24, 2.45) is 5.29 Å². The van der Waals surface area contributed by atoms with E-state index in [0.717, 1.165) is 18.5 Å². The van der Waals surface area contributed by atoms with Gasteiger partial charge in [-0.15, -0.1) is 4.91 Å². The number of anilines is 1. The second-order valence-corrected chi connectivity index (χ2v) is 3.47. The third-order valence-electron chi connectivity index (χ3n) is 1.95. The maximum atomic E-state index is 10.5. The van der Waals surface area contributed by atoms with E-state index in [2.05, 4.69) is 12.2 Å². The third-order valence-corrected chi connectivity index (χ3v) is 2.20. The van der Waals surface area contributed by atoms with Crippen molar-refractivity contribution in [3.05, 3.63) is 34.2 Å². The fourth-order valence-corrected chi connectivity index (χ4v) is 1.26. The molecule has 4 heteroatoms. The summed E-state index contributed by atoms with van der Waals surface area (Å²) in [4.78, 5) is 10.5. The Balaban J connectivity index is 2.68. The molecule has 0 spiro atoms. The molecular weight excluding hydrogens is 200 g/mol. The van der Waals surface area contributed by atoms with E-state index in [1.165, 1.54) is 5.01 Å². The molecule has 1 aromatic carbocycles. The average molecular weight is 213 g/mol. The standard InChI is InChI=1S/C10H13ClN2O/c1-2-3-8-13(12-14)10-6-4-9(11)5-7-10/h4-7H,2-3,8H2,1H3. The number of hydrogen-bond acceptors (Lipinski definition) is 2. The lowest BCUT2D eigenvalue weighted by Gasteiger charge is -2.14.